The molecule has 1 aromatic carbocycles. The van der Waals surface area contributed by atoms with Crippen LogP contribution in [0.1, 0.15) is 24.8 Å². The average Bonchev–Trinajstić information content (AvgIpc) is 2.02. The van der Waals surface area contributed by atoms with E-state index in [0.717, 1.165) is 12.3 Å². The largest absolute Gasteiger partial charge is 0.327 e. The zero-order valence-corrected chi connectivity index (χ0v) is 7.87. The van der Waals surface area contributed by atoms with E-state index in [0.29, 0.717) is 6.04 Å². The van der Waals surface area contributed by atoms with Crippen LogP contribution < -0.4 is 5.73 Å². The van der Waals surface area contributed by atoms with Gasteiger partial charge in [-0.25, -0.2) is 0 Å². The molecule has 1 unspecified atom stereocenters. The molecule has 1 aliphatic rings. The van der Waals surface area contributed by atoms with Gasteiger partial charge in [-0.05, 0) is 36.8 Å². The van der Waals surface area contributed by atoms with E-state index in [1.807, 2.05) is 12.1 Å². The van der Waals surface area contributed by atoms with Gasteiger partial charge in [0.05, 0.1) is 0 Å². The lowest BCUT2D eigenvalue weighted by atomic mass is 9.78. The lowest BCUT2D eigenvalue weighted by Crippen LogP contribution is -2.36. The zero-order chi connectivity index (χ0) is 9.10. The molecule has 1 aliphatic carbocycles. The van der Waals surface area contributed by atoms with E-state index < -0.39 is 0 Å². The van der Waals surface area contributed by atoms with E-state index in [9.17, 15) is 0 Å². The van der Waals surface area contributed by atoms with Gasteiger partial charge in [0.2, 0.25) is 0 Å². The predicted molar refractivity (Wildman–Crippen MR) is 54.3 cm³/mol. The minimum Gasteiger partial charge on any atom is -0.327 e. The van der Waals surface area contributed by atoms with E-state index in [4.69, 9.17) is 5.73 Å². The Kier molecular flexibility index (Phi) is 2.65. The van der Waals surface area contributed by atoms with Gasteiger partial charge >= 0.3 is 0 Å². The maximum absolute atomic E-state index is 6.10. The Hall–Kier alpha value is -0.820. The summed E-state index contributed by atoms with van der Waals surface area (Å²) in [5, 5.41) is 0. The highest BCUT2D eigenvalue weighted by Gasteiger charge is 2.23. The third-order valence-electron chi connectivity index (χ3n) is 3.01. The fourth-order valence-electron chi connectivity index (χ4n) is 1.86. The first-order chi connectivity index (χ1) is 6.36. The van der Waals surface area contributed by atoms with E-state index in [1.54, 1.807) is 0 Å². The number of nitrogens with two attached hydrogens (primary N) is 1. The number of benzene rings is 1. The fraction of sp³-hybridized carbons (Fsp3) is 0.500. The highest BCUT2D eigenvalue weighted by molar-refractivity contribution is 5.15. The Morgan fingerprint density at radius 1 is 1.38 bits per heavy atom. The Morgan fingerprint density at radius 2 is 2.08 bits per heavy atom. The van der Waals surface area contributed by atoms with Crippen molar-refractivity contribution in [1.82, 2.24) is 0 Å². The van der Waals surface area contributed by atoms with Gasteiger partial charge in [-0.15, -0.1) is 0 Å². The van der Waals surface area contributed by atoms with E-state index in [1.165, 1.54) is 24.8 Å². The van der Waals surface area contributed by atoms with Gasteiger partial charge in [0.15, 0.2) is 0 Å². The molecule has 0 bridgehead atoms. The number of hydrogen-bond donors (Lipinski definition) is 1. The minimum atomic E-state index is 0.371. The molecule has 0 spiro atoms. The van der Waals surface area contributed by atoms with Crippen LogP contribution in [-0.2, 0) is 6.42 Å². The maximum Gasteiger partial charge on any atom is 0.0108 e. The monoisotopic (exact) mass is 174 g/mol. The van der Waals surface area contributed by atoms with Crippen LogP contribution in [0.25, 0.3) is 0 Å². The van der Waals surface area contributed by atoms with Crippen molar-refractivity contribution in [2.24, 2.45) is 11.7 Å². The topological polar surface area (TPSA) is 26.0 Å². The lowest BCUT2D eigenvalue weighted by Gasteiger charge is -2.31. The predicted octanol–water partition coefficient (Wildman–Crippen LogP) is 2.16. The number of hydrogen-bond acceptors (Lipinski definition) is 1. The second-order valence-electron chi connectivity index (χ2n) is 3.97. The van der Waals surface area contributed by atoms with Crippen LogP contribution >= 0.6 is 0 Å². The second kappa shape index (κ2) is 3.93. The summed E-state index contributed by atoms with van der Waals surface area (Å²) in [6.45, 7) is 0. The first-order valence-corrected chi connectivity index (χ1v) is 5.07. The smallest absolute Gasteiger partial charge is 0.0108 e. The summed E-state index contributed by atoms with van der Waals surface area (Å²) < 4.78 is 0. The van der Waals surface area contributed by atoms with Gasteiger partial charge < -0.3 is 5.73 Å². The summed E-state index contributed by atoms with van der Waals surface area (Å²) in [5.74, 6) is 0.782. The van der Waals surface area contributed by atoms with Crippen LogP contribution in [0.3, 0.4) is 0 Å². The summed E-state index contributed by atoms with van der Waals surface area (Å²) in [7, 11) is 0. The van der Waals surface area contributed by atoms with Crippen LogP contribution in [0.4, 0.5) is 0 Å². The van der Waals surface area contributed by atoms with Crippen molar-refractivity contribution in [3.63, 3.8) is 0 Å². The molecule has 0 heterocycles. The molecule has 0 saturated heterocycles. The second-order valence-corrected chi connectivity index (χ2v) is 3.97. The molecule has 1 saturated carbocycles. The first kappa shape index (κ1) is 8.76. The molecule has 1 aromatic rings. The molecule has 69 valence electrons. The molecule has 2 rings (SSSR count). The molecule has 2 N–H and O–H groups in total. The van der Waals surface area contributed by atoms with Gasteiger partial charge in [0, 0.05) is 6.04 Å². The van der Waals surface area contributed by atoms with Crippen LogP contribution in [0.15, 0.2) is 24.3 Å². The normalized spacial score (nSPS) is 19.5. The van der Waals surface area contributed by atoms with Gasteiger partial charge in [0.25, 0.3) is 0 Å². The van der Waals surface area contributed by atoms with Crippen molar-refractivity contribution in [3.05, 3.63) is 35.9 Å². The zero-order valence-electron chi connectivity index (χ0n) is 7.87. The molecule has 0 aliphatic heterocycles. The van der Waals surface area contributed by atoms with Crippen molar-refractivity contribution in [1.29, 1.82) is 0 Å². The third kappa shape index (κ3) is 2.10. The molecular weight excluding hydrogens is 158 g/mol. The van der Waals surface area contributed by atoms with Gasteiger partial charge in [0.1, 0.15) is 0 Å². The molecule has 1 fully saturated rings. The molecule has 13 heavy (non-hydrogen) atoms. The highest BCUT2D eigenvalue weighted by Crippen LogP contribution is 2.29. The third-order valence-corrected chi connectivity index (χ3v) is 3.01. The van der Waals surface area contributed by atoms with E-state index >= 15 is 0 Å². The molecule has 1 nitrogen and oxygen atoms in total. The van der Waals surface area contributed by atoms with Gasteiger partial charge in [-0.2, -0.15) is 0 Å². The Morgan fingerprint density at radius 3 is 2.62 bits per heavy atom. The minimum absolute atomic E-state index is 0.371. The Balaban J connectivity index is 1.90. The van der Waals surface area contributed by atoms with E-state index in [-0.39, 0.29) is 0 Å². The Bertz CT molecular complexity index is 251. The van der Waals surface area contributed by atoms with Crippen molar-refractivity contribution in [2.45, 2.75) is 31.7 Å². The van der Waals surface area contributed by atoms with Crippen LogP contribution in [0.2, 0.25) is 0 Å². The molecule has 0 aromatic heterocycles. The summed E-state index contributed by atoms with van der Waals surface area (Å²) in [6.07, 6.45) is 5.07. The SMILES string of the molecule is NC(Cc1cc[c]cc1)C1CCC1. The van der Waals surface area contributed by atoms with Gasteiger partial charge in [-0.3, -0.25) is 0 Å². The average molecular weight is 174 g/mol. The van der Waals surface area contributed by atoms with Crippen molar-refractivity contribution in [3.8, 4) is 0 Å². The standard InChI is InChI=1S/C12H16N/c13-12(11-7-4-8-11)9-10-5-2-1-3-6-10/h2-3,5-6,11-12H,4,7-9,13H2. The molecule has 1 heteroatoms. The Labute approximate surface area is 80.0 Å². The van der Waals surface area contributed by atoms with Crippen molar-refractivity contribution in [2.75, 3.05) is 0 Å². The van der Waals surface area contributed by atoms with Gasteiger partial charge in [-0.1, -0.05) is 30.7 Å². The summed E-state index contributed by atoms with van der Waals surface area (Å²) in [4.78, 5) is 0. The summed E-state index contributed by atoms with van der Waals surface area (Å²) in [6, 6.07) is 11.5. The summed E-state index contributed by atoms with van der Waals surface area (Å²) in [5.41, 5.74) is 7.45. The van der Waals surface area contributed by atoms with Crippen molar-refractivity contribution >= 4 is 0 Å². The van der Waals surface area contributed by atoms with Crippen LogP contribution in [-0.4, -0.2) is 6.04 Å². The lowest BCUT2D eigenvalue weighted by molar-refractivity contribution is 0.260. The first-order valence-electron chi connectivity index (χ1n) is 5.07. The maximum atomic E-state index is 6.10. The molecular formula is C12H16N. The van der Waals surface area contributed by atoms with E-state index in [2.05, 4.69) is 18.2 Å². The van der Waals surface area contributed by atoms with Crippen molar-refractivity contribution < 1.29 is 0 Å². The molecule has 1 radical (unpaired) electrons. The quantitative estimate of drug-likeness (QED) is 0.746. The highest BCUT2D eigenvalue weighted by atomic mass is 14.7. The molecule has 1 atom stereocenters. The fourth-order valence-corrected chi connectivity index (χ4v) is 1.86. The number of rotatable bonds is 3. The molecule has 0 amide bonds. The van der Waals surface area contributed by atoms with Crippen LogP contribution in [0, 0.1) is 12.0 Å². The summed E-state index contributed by atoms with van der Waals surface area (Å²) >= 11 is 0. The van der Waals surface area contributed by atoms with Crippen LogP contribution in [0.5, 0.6) is 0 Å².